The van der Waals surface area contributed by atoms with Crippen molar-refractivity contribution in [1.29, 1.82) is 0 Å². The van der Waals surface area contributed by atoms with E-state index < -0.39 is 0 Å². The van der Waals surface area contributed by atoms with Crippen molar-refractivity contribution in [3.8, 4) is 0 Å². The lowest BCUT2D eigenvalue weighted by Crippen LogP contribution is -2.13. The molecule has 0 saturated carbocycles. The van der Waals surface area contributed by atoms with Gasteiger partial charge in [-0.05, 0) is 32.5 Å². The smallest absolute Gasteiger partial charge is 0.000868 e. The third-order valence-corrected chi connectivity index (χ3v) is 2.39. The van der Waals surface area contributed by atoms with Gasteiger partial charge in [0, 0.05) is 0 Å². The zero-order valence-corrected chi connectivity index (χ0v) is 22.8. The van der Waals surface area contributed by atoms with Crippen molar-refractivity contribution in [2.75, 3.05) is 19.6 Å². The van der Waals surface area contributed by atoms with Gasteiger partial charge in [-0.15, -0.1) is 0 Å². The van der Waals surface area contributed by atoms with Crippen molar-refractivity contribution in [2.45, 2.75) is 129 Å². The molecule has 0 bridgehead atoms. The molecule has 0 saturated heterocycles. The highest BCUT2D eigenvalue weighted by molar-refractivity contribution is 5.14. The second-order valence-corrected chi connectivity index (χ2v) is 4.71. The Morgan fingerprint density at radius 3 is 1.43 bits per heavy atom. The van der Waals surface area contributed by atoms with Gasteiger partial charge >= 0.3 is 0 Å². The first-order valence-corrected chi connectivity index (χ1v) is 12.4. The number of nitrogens with one attached hydrogen (secondary N) is 1. The van der Waals surface area contributed by atoms with Crippen LogP contribution in [0.5, 0.6) is 0 Å². The van der Waals surface area contributed by atoms with E-state index in [0.717, 1.165) is 26.1 Å². The highest BCUT2D eigenvalue weighted by Crippen LogP contribution is 2.00. The van der Waals surface area contributed by atoms with Crippen LogP contribution < -0.4 is 11.1 Å². The summed E-state index contributed by atoms with van der Waals surface area (Å²) in [5.41, 5.74) is 6.07. The van der Waals surface area contributed by atoms with E-state index in [2.05, 4.69) is 51.7 Å². The molecule has 2 heteroatoms. The van der Waals surface area contributed by atoms with Gasteiger partial charge in [0.15, 0.2) is 0 Å². The van der Waals surface area contributed by atoms with Crippen LogP contribution in [0, 0.1) is 0 Å². The predicted octanol–water partition coefficient (Wildman–Crippen LogP) is 9.16. The van der Waals surface area contributed by atoms with Gasteiger partial charge in [-0.2, -0.15) is 0 Å². The molecule has 0 radical (unpaired) electrons. The summed E-state index contributed by atoms with van der Waals surface area (Å²) in [5.74, 6) is 0. The van der Waals surface area contributed by atoms with Gasteiger partial charge in [-0.25, -0.2) is 0 Å². The Morgan fingerprint density at radius 1 is 0.786 bits per heavy atom. The minimum absolute atomic E-state index is 0.750. The molecule has 0 spiro atoms. The molecule has 0 aliphatic heterocycles. The van der Waals surface area contributed by atoms with Crippen molar-refractivity contribution in [2.24, 2.45) is 5.73 Å². The molecule has 0 heterocycles. The summed E-state index contributed by atoms with van der Waals surface area (Å²) in [6.45, 7) is 33.4. The molecule has 0 aliphatic rings. The van der Waals surface area contributed by atoms with Gasteiger partial charge in [0.05, 0.1) is 0 Å². The monoisotopic (exact) mass is 405 g/mol. The zero-order valence-electron chi connectivity index (χ0n) is 22.8. The molecular formula is C26H64N2. The summed E-state index contributed by atoms with van der Waals surface area (Å²) in [7, 11) is 0. The van der Waals surface area contributed by atoms with E-state index in [9.17, 15) is 0 Å². The fourth-order valence-corrected chi connectivity index (χ4v) is 1.28. The predicted molar refractivity (Wildman–Crippen MR) is 142 cm³/mol. The lowest BCUT2D eigenvalue weighted by atomic mass is 10.2. The van der Waals surface area contributed by atoms with Crippen LogP contribution in [0.15, 0.2) is 24.3 Å². The molecule has 28 heavy (non-hydrogen) atoms. The van der Waals surface area contributed by atoms with Crippen LogP contribution in [0.4, 0.5) is 0 Å². The van der Waals surface area contributed by atoms with Crippen LogP contribution in [0.25, 0.3) is 0 Å². The van der Waals surface area contributed by atoms with Gasteiger partial charge in [0.25, 0.3) is 0 Å². The quantitative estimate of drug-likeness (QED) is 0.297. The first-order valence-electron chi connectivity index (χ1n) is 12.4. The van der Waals surface area contributed by atoms with Gasteiger partial charge in [-0.1, -0.05) is 140 Å². The summed E-state index contributed by atoms with van der Waals surface area (Å²) in [4.78, 5) is 0. The van der Waals surface area contributed by atoms with Crippen LogP contribution in [0.1, 0.15) is 129 Å². The molecule has 0 aliphatic carbocycles. The normalized spacial score (nSPS) is 7.64. The highest BCUT2D eigenvalue weighted by Gasteiger charge is 1.87. The van der Waals surface area contributed by atoms with Crippen LogP contribution in [-0.4, -0.2) is 19.6 Å². The van der Waals surface area contributed by atoms with E-state index in [4.69, 9.17) is 5.73 Å². The molecule has 0 fully saturated rings. The van der Waals surface area contributed by atoms with Gasteiger partial charge in [0.1, 0.15) is 0 Å². The van der Waals surface area contributed by atoms with Crippen LogP contribution >= 0.6 is 0 Å². The Labute approximate surface area is 183 Å². The number of unbranched alkanes of at least 4 members (excludes halogenated alkanes) is 3. The maximum absolute atomic E-state index is 4.85. The fraction of sp³-hybridized carbons (Fsp3) is 0.846. The van der Waals surface area contributed by atoms with Crippen molar-refractivity contribution >= 4 is 0 Å². The maximum Gasteiger partial charge on any atom is -0.000868 e. The van der Waals surface area contributed by atoms with E-state index in [1.54, 1.807) is 0 Å². The Bertz CT molecular complexity index is 185. The zero-order chi connectivity index (χ0) is 24.1. The van der Waals surface area contributed by atoms with E-state index in [1.807, 2.05) is 62.3 Å². The molecule has 0 unspecified atom stereocenters. The average Bonchev–Trinajstić information content (AvgIpc) is 2.76. The molecule has 0 atom stereocenters. The topological polar surface area (TPSA) is 38.0 Å². The first-order chi connectivity index (χ1) is 13.6. The average molecular weight is 405 g/mol. The van der Waals surface area contributed by atoms with Crippen molar-refractivity contribution in [3.05, 3.63) is 24.3 Å². The minimum Gasteiger partial charge on any atom is -0.331 e. The Kier molecular flexibility index (Phi) is 135. The number of allylic oxidation sites excluding steroid dienone is 2. The molecule has 0 aromatic carbocycles. The van der Waals surface area contributed by atoms with Crippen LogP contribution in [0.2, 0.25) is 0 Å². The molecule has 0 amide bonds. The Morgan fingerprint density at radius 2 is 1.18 bits per heavy atom. The molecule has 178 valence electrons. The van der Waals surface area contributed by atoms with Gasteiger partial charge in [0.2, 0.25) is 0 Å². The van der Waals surface area contributed by atoms with E-state index >= 15 is 0 Å². The molecule has 0 rings (SSSR count). The van der Waals surface area contributed by atoms with E-state index in [1.165, 1.54) is 37.7 Å². The van der Waals surface area contributed by atoms with Crippen LogP contribution in [0.3, 0.4) is 0 Å². The third kappa shape index (κ3) is 116. The van der Waals surface area contributed by atoms with Crippen molar-refractivity contribution < 1.29 is 0 Å². The highest BCUT2D eigenvalue weighted by atomic mass is 14.8. The number of hydrogen-bond acceptors (Lipinski definition) is 2. The second-order valence-electron chi connectivity index (χ2n) is 4.71. The Hall–Kier alpha value is -0.600. The molecule has 0 aromatic heterocycles. The van der Waals surface area contributed by atoms with Crippen molar-refractivity contribution in [3.63, 3.8) is 0 Å². The van der Waals surface area contributed by atoms with E-state index in [0.29, 0.717) is 0 Å². The molecule has 2 nitrogen and oxygen atoms in total. The summed E-state index contributed by atoms with van der Waals surface area (Å²) in [6, 6.07) is 0. The van der Waals surface area contributed by atoms with Gasteiger partial charge < -0.3 is 11.1 Å². The van der Waals surface area contributed by atoms with Gasteiger partial charge in [-0.3, -0.25) is 0 Å². The minimum atomic E-state index is 0.750. The standard InChI is InChI=1S/C11H21N.C5H12.C2H7N.4C2H6/c1-4-6-7-8-11(3)9-10-12-5-2;1-3-5-4-2;1-2-3;4*1-2/h7-8,12H,3-6,9-10H2,1-2H3;3-5H2,1-2H3;2-3H2,1H3;4*1-2H3/b8-7-;;;;;;. The number of rotatable bonds is 9. The molecular weight excluding hydrogens is 340 g/mol. The third-order valence-electron chi connectivity index (χ3n) is 2.39. The first kappa shape index (κ1) is 45.9. The number of nitrogens with two attached hydrogens (primary N) is 1. The lowest BCUT2D eigenvalue weighted by molar-refractivity contribution is 0.718. The summed E-state index contributed by atoms with van der Waals surface area (Å²) in [5, 5.41) is 3.27. The van der Waals surface area contributed by atoms with Crippen LogP contribution in [-0.2, 0) is 0 Å². The summed E-state index contributed by atoms with van der Waals surface area (Å²) < 4.78 is 0. The summed E-state index contributed by atoms with van der Waals surface area (Å²) >= 11 is 0. The van der Waals surface area contributed by atoms with E-state index in [-0.39, 0.29) is 0 Å². The second kappa shape index (κ2) is 82.1. The lowest BCUT2D eigenvalue weighted by Gasteiger charge is -2.00. The fourth-order valence-electron chi connectivity index (χ4n) is 1.28. The SMILES string of the molecule is C=C(/C=C\CCC)CCNCC.CC.CC.CC.CC.CCCCC.CCN. The Balaban J connectivity index is -0.0000000460. The largest absolute Gasteiger partial charge is 0.331 e. The van der Waals surface area contributed by atoms with Crippen molar-refractivity contribution in [1.82, 2.24) is 5.32 Å². The maximum atomic E-state index is 4.85. The molecule has 0 aromatic rings. The molecule has 3 N–H and O–H groups in total. The summed E-state index contributed by atoms with van der Waals surface area (Å²) in [6.07, 6.45) is 11.9. The number of hydrogen-bond donors (Lipinski definition) is 2.